The summed E-state index contributed by atoms with van der Waals surface area (Å²) in [6.45, 7) is 0.539. The maximum Gasteiger partial charge on any atom is 0.255 e. The van der Waals surface area contributed by atoms with Gasteiger partial charge in [0.05, 0.1) is 12.7 Å². The first-order valence-corrected chi connectivity index (χ1v) is 8.99. The molecular weight excluding hydrogens is 322 g/mol. The lowest BCUT2D eigenvalue weighted by molar-refractivity contribution is -0.121. The van der Waals surface area contributed by atoms with Gasteiger partial charge in [-0.1, -0.05) is 18.2 Å². The fourth-order valence-electron chi connectivity index (χ4n) is 3.27. The van der Waals surface area contributed by atoms with Crippen molar-refractivity contribution in [1.82, 2.24) is 5.32 Å². The summed E-state index contributed by atoms with van der Waals surface area (Å²) in [4.78, 5) is 25.5. The van der Waals surface area contributed by atoms with E-state index >= 15 is 0 Å². The molecule has 1 aliphatic carbocycles. The highest BCUT2D eigenvalue weighted by Gasteiger charge is 2.37. The Hall–Kier alpha value is -2.14. The molecule has 0 atom stereocenters. The first kappa shape index (κ1) is 16.7. The fraction of sp³-hybridized carbons (Fsp3) is 0.368. The molecule has 0 unspecified atom stereocenters. The lowest BCUT2D eigenvalue weighted by Gasteiger charge is -2.36. The van der Waals surface area contributed by atoms with Crippen molar-refractivity contribution in [3.8, 4) is 5.75 Å². The number of methoxy groups -OCH3 is 1. The Labute approximate surface area is 145 Å². The quantitative estimate of drug-likeness (QED) is 0.903. The van der Waals surface area contributed by atoms with E-state index in [0.717, 1.165) is 12.8 Å². The Kier molecular flexibility index (Phi) is 5.00. The van der Waals surface area contributed by atoms with Crippen LogP contribution in [-0.4, -0.2) is 25.3 Å². The minimum absolute atomic E-state index is 0.139. The molecule has 126 valence electrons. The molecule has 5 heteroatoms. The van der Waals surface area contributed by atoms with Crippen molar-refractivity contribution >= 4 is 23.0 Å². The molecule has 1 heterocycles. The van der Waals surface area contributed by atoms with Crippen molar-refractivity contribution in [2.75, 3.05) is 13.7 Å². The largest absolute Gasteiger partial charge is 0.496 e. The molecule has 1 aliphatic rings. The van der Waals surface area contributed by atoms with E-state index in [2.05, 4.69) is 16.8 Å². The van der Waals surface area contributed by atoms with E-state index in [9.17, 15) is 9.59 Å². The summed E-state index contributed by atoms with van der Waals surface area (Å²) in [5, 5.41) is 5.11. The summed E-state index contributed by atoms with van der Waals surface area (Å²) in [6, 6.07) is 11.3. The van der Waals surface area contributed by atoms with Gasteiger partial charge in [0.15, 0.2) is 0 Å². The van der Waals surface area contributed by atoms with Gasteiger partial charge in [-0.2, -0.15) is 0 Å². The third kappa shape index (κ3) is 3.36. The van der Waals surface area contributed by atoms with Crippen LogP contribution >= 0.6 is 11.3 Å². The molecule has 0 saturated heterocycles. The van der Waals surface area contributed by atoms with Crippen molar-refractivity contribution in [2.45, 2.75) is 31.1 Å². The molecular formula is C19H21NO3S. The third-order valence-corrected chi connectivity index (χ3v) is 5.86. The third-order valence-electron chi connectivity index (χ3n) is 4.75. The van der Waals surface area contributed by atoms with Gasteiger partial charge in [0.2, 0.25) is 0 Å². The van der Waals surface area contributed by atoms with Crippen LogP contribution in [0, 0.1) is 0 Å². The van der Waals surface area contributed by atoms with Gasteiger partial charge in [-0.15, -0.1) is 11.3 Å². The number of benzene rings is 1. The Morgan fingerprint density at radius 2 is 1.96 bits per heavy atom. The van der Waals surface area contributed by atoms with Crippen LogP contribution in [0.25, 0.3) is 0 Å². The number of amides is 1. The van der Waals surface area contributed by atoms with Gasteiger partial charge in [0.1, 0.15) is 11.5 Å². The van der Waals surface area contributed by atoms with E-state index in [1.165, 1.54) is 4.88 Å². The van der Waals surface area contributed by atoms with Crippen molar-refractivity contribution in [3.63, 3.8) is 0 Å². The summed E-state index contributed by atoms with van der Waals surface area (Å²) in [5.41, 5.74) is 0.396. The SMILES string of the molecule is COc1ccccc1C(=O)NCC1(c2cccs2)CCC(=O)CC1. The molecule has 1 fully saturated rings. The average molecular weight is 343 g/mol. The Balaban J connectivity index is 1.77. The van der Waals surface area contributed by atoms with Crippen LogP contribution < -0.4 is 10.1 Å². The summed E-state index contributed by atoms with van der Waals surface area (Å²) < 4.78 is 5.27. The zero-order chi connectivity index (χ0) is 17.0. The molecule has 1 N–H and O–H groups in total. The highest BCUT2D eigenvalue weighted by Crippen LogP contribution is 2.40. The predicted octanol–water partition coefficient (Wildman–Crippen LogP) is 3.57. The monoisotopic (exact) mass is 343 g/mol. The van der Waals surface area contributed by atoms with Gasteiger partial charge >= 0.3 is 0 Å². The van der Waals surface area contributed by atoms with E-state index in [1.807, 2.05) is 18.2 Å². The summed E-state index contributed by atoms with van der Waals surface area (Å²) in [7, 11) is 1.56. The molecule has 1 aromatic carbocycles. The van der Waals surface area contributed by atoms with Crippen molar-refractivity contribution < 1.29 is 14.3 Å². The first-order chi connectivity index (χ1) is 11.6. The molecule has 3 rings (SSSR count). The molecule has 24 heavy (non-hydrogen) atoms. The maximum atomic E-state index is 12.6. The molecule has 0 radical (unpaired) electrons. The summed E-state index contributed by atoms with van der Waals surface area (Å²) in [6.07, 6.45) is 2.75. The van der Waals surface area contributed by atoms with E-state index in [4.69, 9.17) is 4.74 Å². The second-order valence-electron chi connectivity index (χ2n) is 6.18. The van der Waals surface area contributed by atoms with Crippen LogP contribution in [-0.2, 0) is 10.2 Å². The Morgan fingerprint density at radius 3 is 2.62 bits per heavy atom. The minimum Gasteiger partial charge on any atom is -0.496 e. The summed E-state index contributed by atoms with van der Waals surface area (Å²) in [5.74, 6) is 0.748. The number of Topliss-reactive ketones (excluding diaryl/α,β-unsaturated/α-hetero) is 1. The summed E-state index contributed by atoms with van der Waals surface area (Å²) >= 11 is 1.70. The number of hydrogen-bond acceptors (Lipinski definition) is 4. The zero-order valence-corrected chi connectivity index (χ0v) is 14.5. The van der Waals surface area contributed by atoms with Gasteiger partial charge in [-0.3, -0.25) is 9.59 Å². The standard InChI is InChI=1S/C19H21NO3S/c1-23-16-6-3-2-5-15(16)18(22)20-13-19(17-7-4-12-24-17)10-8-14(21)9-11-19/h2-7,12H,8-11,13H2,1H3,(H,20,22). The molecule has 0 aliphatic heterocycles. The first-order valence-electron chi connectivity index (χ1n) is 8.11. The zero-order valence-electron chi connectivity index (χ0n) is 13.7. The molecule has 0 spiro atoms. The number of carbonyl (C=O) groups excluding carboxylic acids is 2. The minimum atomic E-state index is -0.139. The van der Waals surface area contributed by atoms with Crippen LogP contribution in [0.2, 0.25) is 0 Å². The maximum absolute atomic E-state index is 12.6. The number of nitrogens with one attached hydrogen (secondary N) is 1. The molecule has 4 nitrogen and oxygen atoms in total. The lowest BCUT2D eigenvalue weighted by atomic mass is 9.72. The van der Waals surface area contributed by atoms with Gasteiger partial charge in [-0.25, -0.2) is 0 Å². The van der Waals surface area contributed by atoms with E-state index < -0.39 is 0 Å². The number of ketones is 1. The Bertz CT molecular complexity index is 714. The van der Waals surface area contributed by atoms with Crippen molar-refractivity contribution in [3.05, 3.63) is 52.2 Å². The van der Waals surface area contributed by atoms with Crippen molar-refractivity contribution in [2.24, 2.45) is 0 Å². The van der Waals surface area contributed by atoms with Crippen LogP contribution in [0.1, 0.15) is 40.9 Å². The molecule has 2 aromatic rings. The van der Waals surface area contributed by atoms with Gasteiger partial charge < -0.3 is 10.1 Å². The Morgan fingerprint density at radius 1 is 1.21 bits per heavy atom. The van der Waals surface area contributed by atoms with Gasteiger partial charge in [-0.05, 0) is 36.4 Å². The van der Waals surface area contributed by atoms with Gasteiger partial charge in [0, 0.05) is 29.7 Å². The van der Waals surface area contributed by atoms with Crippen LogP contribution in [0.4, 0.5) is 0 Å². The van der Waals surface area contributed by atoms with E-state index in [-0.39, 0.29) is 11.3 Å². The highest BCUT2D eigenvalue weighted by atomic mass is 32.1. The van der Waals surface area contributed by atoms with Crippen LogP contribution in [0.3, 0.4) is 0 Å². The molecule has 1 aromatic heterocycles. The molecule has 1 amide bonds. The lowest BCUT2D eigenvalue weighted by Crippen LogP contribution is -2.43. The second-order valence-corrected chi connectivity index (χ2v) is 7.13. The number of hydrogen-bond donors (Lipinski definition) is 1. The highest BCUT2D eigenvalue weighted by molar-refractivity contribution is 7.10. The van der Waals surface area contributed by atoms with E-state index in [0.29, 0.717) is 36.5 Å². The second kappa shape index (κ2) is 7.18. The number of para-hydroxylation sites is 1. The molecule has 0 bridgehead atoms. The predicted molar refractivity (Wildman–Crippen MR) is 94.8 cm³/mol. The molecule has 1 saturated carbocycles. The smallest absolute Gasteiger partial charge is 0.255 e. The number of thiophene rings is 1. The number of rotatable bonds is 5. The number of carbonyl (C=O) groups is 2. The topological polar surface area (TPSA) is 55.4 Å². The van der Waals surface area contributed by atoms with Gasteiger partial charge in [0.25, 0.3) is 5.91 Å². The number of ether oxygens (including phenoxy) is 1. The van der Waals surface area contributed by atoms with E-state index in [1.54, 1.807) is 30.6 Å². The van der Waals surface area contributed by atoms with Crippen LogP contribution in [0.5, 0.6) is 5.75 Å². The fourth-order valence-corrected chi connectivity index (χ4v) is 4.26. The average Bonchev–Trinajstić information content (AvgIpc) is 3.16. The normalized spacial score (nSPS) is 16.6. The van der Waals surface area contributed by atoms with Crippen LogP contribution in [0.15, 0.2) is 41.8 Å². The van der Waals surface area contributed by atoms with Crippen molar-refractivity contribution in [1.29, 1.82) is 0 Å².